The number of aromatic amines is 1. The van der Waals surface area contributed by atoms with Gasteiger partial charge in [-0.05, 0) is 26.0 Å². The van der Waals surface area contributed by atoms with E-state index in [1.165, 1.54) is 6.07 Å². The van der Waals surface area contributed by atoms with Crippen molar-refractivity contribution in [3.8, 4) is 0 Å². The van der Waals surface area contributed by atoms with Crippen molar-refractivity contribution in [2.75, 3.05) is 0 Å². The van der Waals surface area contributed by atoms with Crippen molar-refractivity contribution >= 4 is 33.0 Å². The summed E-state index contributed by atoms with van der Waals surface area (Å²) in [6, 6.07) is 3.06. The standard InChI is InChI=1S/C10H12ClN3O2S2/c1-6-8(7(2)14-13-6)5-12-18(15,16)10-4-3-9(11)17-10/h3-4,12H,5H2,1-2H3,(H,13,14). The first kappa shape index (κ1) is 13.5. The maximum absolute atomic E-state index is 12.0. The molecule has 2 rings (SSSR count). The van der Waals surface area contributed by atoms with Gasteiger partial charge in [0.1, 0.15) is 4.21 Å². The fourth-order valence-corrected chi connectivity index (χ4v) is 4.04. The van der Waals surface area contributed by atoms with Crippen molar-refractivity contribution in [1.82, 2.24) is 14.9 Å². The predicted octanol–water partition coefficient (Wildman–Crippen LogP) is 2.22. The maximum atomic E-state index is 12.0. The van der Waals surface area contributed by atoms with Crippen LogP contribution in [0, 0.1) is 13.8 Å². The Labute approximate surface area is 114 Å². The molecule has 0 fully saturated rings. The Morgan fingerprint density at radius 3 is 2.67 bits per heavy atom. The summed E-state index contributed by atoms with van der Waals surface area (Å²) in [5, 5.41) is 6.83. The molecule has 2 N–H and O–H groups in total. The number of hydrogen-bond donors (Lipinski definition) is 2. The van der Waals surface area contributed by atoms with E-state index in [2.05, 4.69) is 14.9 Å². The molecule has 2 heterocycles. The highest BCUT2D eigenvalue weighted by atomic mass is 35.5. The Kier molecular flexibility index (Phi) is 3.76. The van der Waals surface area contributed by atoms with Gasteiger partial charge in [-0.3, -0.25) is 5.10 Å². The molecule has 0 unspecified atom stereocenters. The molecule has 0 aliphatic rings. The minimum absolute atomic E-state index is 0.214. The second-order valence-electron chi connectivity index (χ2n) is 3.80. The van der Waals surface area contributed by atoms with Gasteiger partial charge in [-0.15, -0.1) is 11.3 Å². The average molecular weight is 306 g/mol. The van der Waals surface area contributed by atoms with E-state index in [0.29, 0.717) is 4.34 Å². The summed E-state index contributed by atoms with van der Waals surface area (Å²) in [7, 11) is -3.51. The first-order chi connectivity index (χ1) is 8.40. The number of rotatable bonds is 4. The summed E-state index contributed by atoms with van der Waals surface area (Å²) in [4.78, 5) is 0. The van der Waals surface area contributed by atoms with E-state index in [1.54, 1.807) is 6.07 Å². The van der Waals surface area contributed by atoms with Crippen LogP contribution < -0.4 is 4.72 Å². The Morgan fingerprint density at radius 2 is 2.17 bits per heavy atom. The minimum atomic E-state index is -3.51. The highest BCUT2D eigenvalue weighted by Gasteiger charge is 2.17. The van der Waals surface area contributed by atoms with Crippen LogP contribution in [0.1, 0.15) is 17.0 Å². The Morgan fingerprint density at radius 1 is 1.44 bits per heavy atom. The molecule has 0 saturated carbocycles. The van der Waals surface area contributed by atoms with Gasteiger partial charge in [0.25, 0.3) is 0 Å². The van der Waals surface area contributed by atoms with Gasteiger partial charge in [0.15, 0.2) is 0 Å². The third-order valence-corrected chi connectivity index (χ3v) is 5.66. The first-order valence-electron chi connectivity index (χ1n) is 5.15. The molecule has 0 bridgehead atoms. The number of thiophene rings is 1. The monoisotopic (exact) mass is 305 g/mol. The van der Waals surface area contributed by atoms with Gasteiger partial charge in [0.2, 0.25) is 10.0 Å². The summed E-state index contributed by atoms with van der Waals surface area (Å²) in [6.45, 7) is 3.90. The molecule has 2 aromatic heterocycles. The lowest BCUT2D eigenvalue weighted by atomic mass is 10.2. The fraction of sp³-hybridized carbons (Fsp3) is 0.300. The number of sulfonamides is 1. The molecule has 0 aromatic carbocycles. The van der Waals surface area contributed by atoms with Crippen molar-refractivity contribution in [2.45, 2.75) is 24.6 Å². The summed E-state index contributed by atoms with van der Waals surface area (Å²) < 4.78 is 27.1. The van der Waals surface area contributed by atoms with Crippen LogP contribution in [0.3, 0.4) is 0 Å². The van der Waals surface area contributed by atoms with Crippen LogP contribution in [-0.2, 0) is 16.6 Å². The zero-order valence-electron chi connectivity index (χ0n) is 9.82. The highest BCUT2D eigenvalue weighted by Crippen LogP contribution is 2.25. The molecule has 0 spiro atoms. The van der Waals surface area contributed by atoms with Gasteiger partial charge in [-0.2, -0.15) is 5.10 Å². The van der Waals surface area contributed by atoms with Gasteiger partial charge in [-0.25, -0.2) is 13.1 Å². The zero-order valence-corrected chi connectivity index (χ0v) is 12.2. The van der Waals surface area contributed by atoms with Gasteiger partial charge in [0.05, 0.1) is 10.0 Å². The normalized spacial score (nSPS) is 11.9. The van der Waals surface area contributed by atoms with Crippen LogP contribution in [0.4, 0.5) is 0 Å². The molecule has 5 nitrogen and oxygen atoms in total. The molecule has 0 atom stereocenters. The SMILES string of the molecule is Cc1n[nH]c(C)c1CNS(=O)(=O)c1ccc(Cl)s1. The number of nitrogens with one attached hydrogen (secondary N) is 2. The van der Waals surface area contributed by atoms with Gasteiger partial charge >= 0.3 is 0 Å². The van der Waals surface area contributed by atoms with Crippen molar-refractivity contribution in [1.29, 1.82) is 0 Å². The summed E-state index contributed by atoms with van der Waals surface area (Å²) in [5.74, 6) is 0. The summed E-state index contributed by atoms with van der Waals surface area (Å²) in [6.07, 6.45) is 0. The molecule has 8 heteroatoms. The first-order valence-corrected chi connectivity index (χ1v) is 7.83. The molecular formula is C10H12ClN3O2S2. The van der Waals surface area contributed by atoms with E-state index < -0.39 is 10.0 Å². The van der Waals surface area contributed by atoms with Crippen LogP contribution in [0.25, 0.3) is 0 Å². The van der Waals surface area contributed by atoms with Crippen LogP contribution in [0.5, 0.6) is 0 Å². The predicted molar refractivity (Wildman–Crippen MR) is 71.4 cm³/mol. The van der Waals surface area contributed by atoms with Gasteiger partial charge in [-0.1, -0.05) is 11.6 Å². The topological polar surface area (TPSA) is 74.8 Å². The van der Waals surface area contributed by atoms with E-state index in [4.69, 9.17) is 11.6 Å². The molecule has 0 radical (unpaired) electrons. The lowest BCUT2D eigenvalue weighted by Gasteiger charge is -2.04. The zero-order chi connectivity index (χ0) is 13.3. The van der Waals surface area contributed by atoms with E-state index in [-0.39, 0.29) is 10.8 Å². The maximum Gasteiger partial charge on any atom is 0.250 e. The van der Waals surface area contributed by atoms with Crippen molar-refractivity contribution in [3.63, 3.8) is 0 Å². The van der Waals surface area contributed by atoms with Gasteiger partial charge in [0, 0.05) is 17.8 Å². The number of halogens is 1. The van der Waals surface area contributed by atoms with E-state index >= 15 is 0 Å². The van der Waals surface area contributed by atoms with Crippen molar-refractivity contribution in [3.05, 3.63) is 33.4 Å². The molecule has 0 amide bonds. The Balaban J connectivity index is 2.15. The van der Waals surface area contributed by atoms with Crippen LogP contribution in [0.15, 0.2) is 16.3 Å². The second-order valence-corrected chi connectivity index (χ2v) is 7.50. The highest BCUT2D eigenvalue weighted by molar-refractivity contribution is 7.91. The lowest BCUT2D eigenvalue weighted by Crippen LogP contribution is -2.22. The molecule has 98 valence electrons. The largest absolute Gasteiger partial charge is 0.282 e. The second kappa shape index (κ2) is 5.00. The number of nitrogens with zero attached hydrogens (tertiary/aromatic N) is 1. The van der Waals surface area contributed by atoms with E-state index in [0.717, 1.165) is 28.3 Å². The number of aryl methyl sites for hydroxylation is 2. The minimum Gasteiger partial charge on any atom is -0.282 e. The molecule has 0 saturated heterocycles. The van der Waals surface area contributed by atoms with Crippen molar-refractivity contribution in [2.24, 2.45) is 0 Å². The lowest BCUT2D eigenvalue weighted by molar-refractivity contribution is 0.583. The smallest absolute Gasteiger partial charge is 0.250 e. The molecular weight excluding hydrogens is 294 g/mol. The van der Waals surface area contributed by atoms with Crippen LogP contribution in [0.2, 0.25) is 4.34 Å². The molecule has 0 aliphatic carbocycles. The number of aromatic nitrogens is 2. The van der Waals surface area contributed by atoms with E-state index in [1.807, 2.05) is 13.8 Å². The third-order valence-electron chi connectivity index (χ3n) is 2.53. The van der Waals surface area contributed by atoms with Crippen LogP contribution >= 0.6 is 22.9 Å². The average Bonchev–Trinajstić information content (AvgIpc) is 2.85. The Hall–Kier alpha value is -0.890. The third kappa shape index (κ3) is 2.74. The van der Waals surface area contributed by atoms with Crippen molar-refractivity contribution < 1.29 is 8.42 Å². The Bertz CT molecular complexity index is 641. The molecule has 0 aliphatic heterocycles. The summed E-state index contributed by atoms with van der Waals surface area (Å²) >= 11 is 6.76. The van der Waals surface area contributed by atoms with E-state index in [9.17, 15) is 8.42 Å². The molecule has 2 aromatic rings. The summed E-state index contributed by atoms with van der Waals surface area (Å²) in [5.41, 5.74) is 2.51. The fourth-order valence-electron chi connectivity index (χ4n) is 1.51. The van der Waals surface area contributed by atoms with Crippen LogP contribution in [-0.4, -0.2) is 18.6 Å². The quantitative estimate of drug-likeness (QED) is 0.909. The number of H-pyrrole nitrogens is 1. The van der Waals surface area contributed by atoms with Gasteiger partial charge < -0.3 is 0 Å². The molecule has 18 heavy (non-hydrogen) atoms. The number of hydrogen-bond acceptors (Lipinski definition) is 4.